The minimum atomic E-state index is -1.40. The normalized spacial score (nSPS) is 30.1. The van der Waals surface area contributed by atoms with Gasteiger partial charge in [-0.25, -0.2) is 22.9 Å². The molecule has 9 nitrogen and oxygen atoms in total. The van der Waals surface area contributed by atoms with Crippen molar-refractivity contribution in [1.29, 1.82) is 0 Å². The third kappa shape index (κ3) is 6.00. The molecular weight excluding hydrogens is 543 g/mol. The third-order valence-corrected chi connectivity index (χ3v) is 10.1. The predicted octanol–water partition coefficient (Wildman–Crippen LogP) is 2.52. The third-order valence-electron chi connectivity index (χ3n) is 8.65. The second kappa shape index (κ2) is 11.7. The van der Waals surface area contributed by atoms with E-state index in [1.165, 1.54) is 17.7 Å². The Morgan fingerprint density at radius 1 is 1.10 bits per heavy atom. The summed E-state index contributed by atoms with van der Waals surface area (Å²) >= 11 is 0. The van der Waals surface area contributed by atoms with Crippen molar-refractivity contribution >= 4 is 28.2 Å². The van der Waals surface area contributed by atoms with Crippen LogP contribution in [0.5, 0.6) is 0 Å². The number of rotatable bonds is 6. The van der Waals surface area contributed by atoms with Crippen LogP contribution < -0.4 is 10.6 Å². The molecule has 11 heteroatoms. The highest BCUT2D eigenvalue weighted by atomic mass is 32.2. The Balaban J connectivity index is 1.27. The van der Waals surface area contributed by atoms with Crippen LogP contribution in [-0.4, -0.2) is 92.3 Å². The first-order valence-electron chi connectivity index (χ1n) is 14.2. The number of aliphatic hydroxyl groups excluding tert-OH is 2. The molecule has 3 aliphatic heterocycles. The zero-order chi connectivity index (χ0) is 28.6. The molecule has 0 radical (unpaired) electrons. The van der Waals surface area contributed by atoms with E-state index < -0.39 is 11.0 Å². The van der Waals surface area contributed by atoms with Crippen LogP contribution in [0.25, 0.3) is 0 Å². The predicted molar refractivity (Wildman–Crippen MR) is 158 cm³/mol. The first kappa shape index (κ1) is 28.2. The van der Waals surface area contributed by atoms with Crippen molar-refractivity contribution in [2.75, 3.05) is 50.7 Å². The largest absolute Gasteiger partial charge is 0.404 e. The zero-order valence-electron chi connectivity index (χ0n) is 23.0. The Bertz CT molecular complexity index is 1380. The number of benzene rings is 1. The van der Waals surface area contributed by atoms with Crippen molar-refractivity contribution < 1.29 is 18.8 Å². The number of piperidine rings is 1. The topological polar surface area (TPSA) is 119 Å². The van der Waals surface area contributed by atoms with Crippen molar-refractivity contribution in [3.05, 3.63) is 71.8 Å². The molecule has 0 bridgehead atoms. The number of likely N-dealkylation sites (tertiary alicyclic amines) is 1. The van der Waals surface area contributed by atoms with Crippen LogP contribution in [0.4, 0.5) is 15.9 Å². The second-order valence-electron chi connectivity index (χ2n) is 11.6. The number of hydrogen-bond donors (Lipinski definition) is 3. The van der Waals surface area contributed by atoms with E-state index >= 15 is 0 Å². The van der Waals surface area contributed by atoms with Gasteiger partial charge < -0.3 is 20.8 Å². The van der Waals surface area contributed by atoms with Crippen molar-refractivity contribution in [1.82, 2.24) is 14.2 Å². The van der Waals surface area contributed by atoms with Crippen LogP contribution in [0.2, 0.25) is 0 Å². The number of anilines is 1. The number of nitrogens with two attached hydrogens (primary N) is 1. The molecule has 4 aliphatic rings. The lowest BCUT2D eigenvalue weighted by Gasteiger charge is -2.48. The molecule has 0 amide bonds. The van der Waals surface area contributed by atoms with Gasteiger partial charge in [0.1, 0.15) is 22.6 Å². The van der Waals surface area contributed by atoms with Crippen LogP contribution in [0.3, 0.4) is 0 Å². The lowest BCUT2D eigenvalue weighted by atomic mass is 9.67. The highest BCUT2D eigenvalue weighted by Crippen LogP contribution is 2.46. The van der Waals surface area contributed by atoms with Gasteiger partial charge in [-0.2, -0.15) is 0 Å². The van der Waals surface area contributed by atoms with Gasteiger partial charge in [0.15, 0.2) is 0 Å². The highest BCUT2D eigenvalue weighted by Gasteiger charge is 2.46. The number of β-amino-alcohol motifs (C(OH)–C–C–N with tert-alkyl or cyclic N) is 2. The molecule has 1 unspecified atom stereocenters. The van der Waals surface area contributed by atoms with Crippen LogP contribution in [0.1, 0.15) is 25.7 Å². The zero-order valence-corrected chi connectivity index (χ0v) is 23.8. The molecule has 1 aliphatic carbocycles. The summed E-state index contributed by atoms with van der Waals surface area (Å²) in [4.78, 5) is 14.3. The van der Waals surface area contributed by atoms with Crippen molar-refractivity contribution in [3.8, 4) is 0 Å². The van der Waals surface area contributed by atoms with Crippen LogP contribution in [-0.2, 0) is 11.0 Å². The Morgan fingerprint density at radius 2 is 1.88 bits per heavy atom. The summed E-state index contributed by atoms with van der Waals surface area (Å²) in [5, 5.41) is 20.1. The molecule has 218 valence electrons. The van der Waals surface area contributed by atoms with Gasteiger partial charge in [-0.3, -0.25) is 4.90 Å². The van der Waals surface area contributed by atoms with Gasteiger partial charge in [0.25, 0.3) is 0 Å². The summed E-state index contributed by atoms with van der Waals surface area (Å²) in [6.07, 6.45) is 7.55. The van der Waals surface area contributed by atoms with Gasteiger partial charge >= 0.3 is 0 Å². The fraction of sp³-hybridized carbons (Fsp3) is 0.467. The number of hydrogen-bond acceptors (Lipinski definition) is 8. The molecule has 3 saturated heterocycles. The van der Waals surface area contributed by atoms with Gasteiger partial charge in [-0.05, 0) is 79.9 Å². The van der Waals surface area contributed by atoms with Crippen LogP contribution in [0, 0.1) is 11.2 Å². The van der Waals surface area contributed by atoms with Gasteiger partial charge in [0.05, 0.1) is 28.5 Å². The second-order valence-corrected chi connectivity index (χ2v) is 13.1. The van der Waals surface area contributed by atoms with Gasteiger partial charge in [0, 0.05) is 57.4 Å². The van der Waals surface area contributed by atoms with Crippen molar-refractivity contribution in [2.24, 2.45) is 16.1 Å². The molecule has 0 spiro atoms. The number of aliphatic hydroxyl groups is 2. The summed E-state index contributed by atoms with van der Waals surface area (Å²) in [5.74, 6) is 0.477. The average Bonchev–Trinajstić information content (AvgIpc) is 3.60. The van der Waals surface area contributed by atoms with Gasteiger partial charge in [-0.1, -0.05) is 5.57 Å². The lowest BCUT2D eigenvalue weighted by molar-refractivity contribution is 0.128. The molecule has 3 fully saturated rings. The van der Waals surface area contributed by atoms with E-state index in [9.17, 15) is 18.8 Å². The smallest absolute Gasteiger partial charge is 0.129 e. The number of aliphatic imine (C=N–C) groups is 1. The fourth-order valence-electron chi connectivity index (χ4n) is 6.53. The molecule has 41 heavy (non-hydrogen) atoms. The van der Waals surface area contributed by atoms with E-state index in [0.29, 0.717) is 43.2 Å². The summed E-state index contributed by atoms with van der Waals surface area (Å²) in [7, 11) is -1.40. The van der Waals surface area contributed by atoms with Crippen LogP contribution in [0.15, 0.2) is 75.9 Å². The van der Waals surface area contributed by atoms with Gasteiger partial charge in [0.2, 0.25) is 0 Å². The fourth-order valence-corrected chi connectivity index (χ4v) is 7.78. The quantitative estimate of drug-likeness (QED) is 0.481. The van der Waals surface area contributed by atoms with Gasteiger partial charge in [-0.15, -0.1) is 0 Å². The standard InChI is InChI=1S/C30H37FN6O3S/c31-23-1-3-24(4-2-23)34-28-13-22-7-12-37(20-30(22,14-21(28)15-32)19-35-10-8-25(38)17-35)41(40)27-5-6-29(33-16-27)36-11-9-26(39)18-36/h1-6,13,15-16,25-26,38-39H,7-12,14,17-20,32H2/t25-,26+,30-,41?/m0/s1. The maximum atomic E-state index is 13.9. The van der Waals surface area contributed by atoms with E-state index in [1.54, 1.807) is 24.5 Å². The Morgan fingerprint density at radius 3 is 2.54 bits per heavy atom. The van der Waals surface area contributed by atoms with E-state index in [1.807, 2.05) is 21.3 Å². The maximum Gasteiger partial charge on any atom is 0.129 e. The molecule has 2 aromatic rings. The number of allylic oxidation sites excluding steroid dienone is 2. The molecule has 0 saturated carbocycles. The van der Waals surface area contributed by atoms with Crippen LogP contribution >= 0.6 is 0 Å². The summed E-state index contributed by atoms with van der Waals surface area (Å²) < 4.78 is 29.3. The van der Waals surface area contributed by atoms with Crippen molar-refractivity contribution in [3.63, 3.8) is 0 Å². The SMILES string of the molecule is NC=C1C[C@]2(CN3CC[C@H](O)C3)CN(S(=O)c3ccc(N4CC[C@@H](O)C4)nc3)CCC2=CC1=Nc1ccc(F)cc1. The van der Waals surface area contributed by atoms with E-state index in [4.69, 9.17) is 10.7 Å². The monoisotopic (exact) mass is 580 g/mol. The summed E-state index contributed by atoms with van der Waals surface area (Å²) in [6, 6.07) is 9.86. The average molecular weight is 581 g/mol. The Kier molecular flexibility index (Phi) is 8.06. The number of fused-ring (bicyclic) bond motifs is 1. The number of nitrogens with zero attached hydrogens (tertiary/aromatic N) is 5. The molecular formula is C30H37FN6O3S. The molecule has 4 atom stereocenters. The molecule has 1 aromatic carbocycles. The van der Waals surface area contributed by atoms with E-state index in [-0.39, 0.29) is 23.4 Å². The molecule has 1 aromatic heterocycles. The number of aromatic nitrogens is 1. The van der Waals surface area contributed by atoms with E-state index in [2.05, 4.69) is 16.0 Å². The molecule has 4 heterocycles. The number of pyridine rings is 1. The minimum absolute atomic E-state index is 0.308. The first-order chi connectivity index (χ1) is 19.8. The summed E-state index contributed by atoms with van der Waals surface area (Å²) in [6.45, 7) is 4.66. The minimum Gasteiger partial charge on any atom is -0.404 e. The van der Waals surface area contributed by atoms with E-state index in [0.717, 1.165) is 56.0 Å². The molecule has 4 N–H and O–H groups in total. The Hall–Kier alpha value is -2.96. The Labute approximate surface area is 242 Å². The number of halogens is 1. The maximum absolute atomic E-state index is 13.9. The lowest BCUT2D eigenvalue weighted by Crippen LogP contribution is -2.52. The first-order valence-corrected chi connectivity index (χ1v) is 15.4. The highest BCUT2D eigenvalue weighted by molar-refractivity contribution is 7.82. The molecule has 6 rings (SSSR count). The summed E-state index contributed by atoms with van der Waals surface area (Å²) in [5.41, 5.74) is 9.37. The van der Waals surface area contributed by atoms with Crippen molar-refractivity contribution in [2.45, 2.75) is 42.8 Å².